The summed E-state index contributed by atoms with van der Waals surface area (Å²) in [6.45, 7) is 8.47. The standard InChI is InChI=1S/C33H39BrN4O7S/c1-6-44-31(40)18-28(26-11-12-29-32(21(26)3)35-36-37(29)14-8-7-13-34)23-10-9-20(2)27(16-23)22(4)38-19-24-15-25(39)17-30(43-5)33(24)45-46(38,41)42/h9-12,15-17,22,28,39H,6-8,13-14,18-19H2,1-5H3/t22-,28?/m1/s1. The van der Waals surface area contributed by atoms with Crippen molar-refractivity contribution in [3.63, 3.8) is 0 Å². The summed E-state index contributed by atoms with van der Waals surface area (Å²) in [7, 11) is -2.83. The predicted molar refractivity (Wildman–Crippen MR) is 178 cm³/mol. The number of rotatable bonds is 12. The third-order valence-corrected chi connectivity index (χ3v) is 10.5. The van der Waals surface area contributed by atoms with Crippen LogP contribution in [-0.4, -0.2) is 57.8 Å². The number of carbonyl (C=O) groups excluding carboxylic acids is 1. The van der Waals surface area contributed by atoms with Crippen molar-refractivity contribution in [2.45, 2.75) is 72.0 Å². The Labute approximate surface area is 277 Å². The molecule has 0 spiro atoms. The topological polar surface area (TPSA) is 133 Å². The lowest BCUT2D eigenvalue weighted by atomic mass is 9.83. The highest BCUT2D eigenvalue weighted by atomic mass is 79.9. The maximum atomic E-state index is 13.4. The number of aryl methyl sites for hydroxylation is 3. The molecule has 1 aromatic heterocycles. The number of aromatic nitrogens is 3. The van der Waals surface area contributed by atoms with Gasteiger partial charge in [0, 0.05) is 36.0 Å². The summed E-state index contributed by atoms with van der Waals surface area (Å²) < 4.78 is 46.2. The summed E-state index contributed by atoms with van der Waals surface area (Å²) in [5.74, 6) is -0.577. The quantitative estimate of drug-likeness (QED) is 0.103. The Bertz CT molecular complexity index is 1860. The van der Waals surface area contributed by atoms with Gasteiger partial charge in [-0.25, -0.2) is 4.68 Å². The van der Waals surface area contributed by atoms with Gasteiger partial charge in [0.25, 0.3) is 0 Å². The van der Waals surface area contributed by atoms with Crippen LogP contribution < -0.4 is 8.92 Å². The zero-order chi connectivity index (χ0) is 33.2. The molecule has 0 amide bonds. The number of carbonyl (C=O) groups is 1. The summed E-state index contributed by atoms with van der Waals surface area (Å²) in [6.07, 6.45) is 2.09. The van der Waals surface area contributed by atoms with E-state index in [1.807, 2.05) is 48.9 Å². The third-order valence-electron chi connectivity index (χ3n) is 8.51. The first kappa shape index (κ1) is 33.7. The van der Waals surface area contributed by atoms with Crippen LogP contribution in [0.5, 0.6) is 17.2 Å². The van der Waals surface area contributed by atoms with E-state index in [-0.39, 0.29) is 48.7 Å². The van der Waals surface area contributed by atoms with Crippen molar-refractivity contribution in [3.8, 4) is 17.2 Å². The molecule has 246 valence electrons. The summed E-state index contributed by atoms with van der Waals surface area (Å²) in [4.78, 5) is 12.9. The minimum absolute atomic E-state index is 0.0272. The van der Waals surface area contributed by atoms with Gasteiger partial charge in [0.2, 0.25) is 0 Å². The first-order chi connectivity index (χ1) is 22.0. The van der Waals surface area contributed by atoms with E-state index in [9.17, 15) is 18.3 Å². The molecule has 46 heavy (non-hydrogen) atoms. The second-order valence-corrected chi connectivity index (χ2v) is 13.7. The van der Waals surface area contributed by atoms with Gasteiger partial charge in [-0.2, -0.15) is 12.7 Å². The highest BCUT2D eigenvalue weighted by Crippen LogP contribution is 2.43. The van der Waals surface area contributed by atoms with Crippen LogP contribution in [0, 0.1) is 13.8 Å². The number of fused-ring (bicyclic) bond motifs is 2. The molecule has 3 aromatic carbocycles. The van der Waals surface area contributed by atoms with Crippen molar-refractivity contribution in [1.82, 2.24) is 19.3 Å². The third kappa shape index (κ3) is 6.72. The molecule has 0 fully saturated rings. The molecule has 11 nitrogen and oxygen atoms in total. The van der Waals surface area contributed by atoms with E-state index in [1.165, 1.54) is 23.5 Å². The van der Waals surface area contributed by atoms with Crippen LogP contribution >= 0.6 is 15.9 Å². The smallest absolute Gasteiger partial charge is 0.386 e. The van der Waals surface area contributed by atoms with Crippen LogP contribution in [0.2, 0.25) is 0 Å². The number of unbranched alkanes of at least 4 members (excludes halogenated alkanes) is 1. The lowest BCUT2D eigenvalue weighted by molar-refractivity contribution is -0.143. The second kappa shape index (κ2) is 14.0. The van der Waals surface area contributed by atoms with Crippen molar-refractivity contribution in [3.05, 3.63) is 75.8 Å². The zero-order valence-corrected chi connectivity index (χ0v) is 29.0. The fraction of sp³-hybridized carbons (Fsp3) is 0.424. The fourth-order valence-electron chi connectivity index (χ4n) is 6.09. The number of aromatic hydroxyl groups is 1. The van der Waals surface area contributed by atoms with Crippen LogP contribution in [0.4, 0.5) is 0 Å². The van der Waals surface area contributed by atoms with Crippen molar-refractivity contribution in [2.75, 3.05) is 19.0 Å². The number of phenolic OH excluding ortho intramolecular Hbond substituents is 1. The Kier molecular flexibility index (Phi) is 10.2. The van der Waals surface area contributed by atoms with Gasteiger partial charge >= 0.3 is 16.3 Å². The van der Waals surface area contributed by atoms with Crippen molar-refractivity contribution < 1.29 is 32.0 Å². The highest BCUT2D eigenvalue weighted by molar-refractivity contribution is 9.09. The van der Waals surface area contributed by atoms with Gasteiger partial charge in [-0.3, -0.25) is 4.79 Å². The summed E-state index contributed by atoms with van der Waals surface area (Å²) >= 11 is 3.48. The van der Waals surface area contributed by atoms with E-state index in [1.54, 1.807) is 13.8 Å². The molecular formula is C33H39BrN4O7S. The molecule has 0 saturated heterocycles. The van der Waals surface area contributed by atoms with Crippen molar-refractivity contribution in [1.29, 1.82) is 0 Å². The van der Waals surface area contributed by atoms with E-state index < -0.39 is 16.3 Å². The largest absolute Gasteiger partial charge is 0.508 e. The Morgan fingerprint density at radius 1 is 1.13 bits per heavy atom. The summed E-state index contributed by atoms with van der Waals surface area (Å²) in [5, 5.41) is 20.0. The second-order valence-electron chi connectivity index (χ2n) is 11.4. The average Bonchev–Trinajstić information content (AvgIpc) is 3.43. The van der Waals surface area contributed by atoms with Gasteiger partial charge in [0.1, 0.15) is 11.3 Å². The Hall–Kier alpha value is -3.68. The number of benzene rings is 3. The lowest BCUT2D eigenvalue weighted by Gasteiger charge is -2.34. The first-order valence-electron chi connectivity index (χ1n) is 15.2. The molecule has 2 atom stereocenters. The van der Waals surface area contributed by atoms with Crippen LogP contribution in [0.1, 0.15) is 78.5 Å². The van der Waals surface area contributed by atoms with Crippen LogP contribution in [0.3, 0.4) is 0 Å². The molecule has 4 aromatic rings. The van der Waals surface area contributed by atoms with Gasteiger partial charge in [-0.05, 0) is 80.5 Å². The Balaban J connectivity index is 1.54. The molecule has 1 aliphatic heterocycles. The molecule has 1 N–H and O–H groups in total. The number of nitrogens with zero attached hydrogens (tertiary/aromatic N) is 4. The molecule has 5 rings (SSSR count). The summed E-state index contributed by atoms with van der Waals surface area (Å²) in [6, 6.07) is 12.0. The van der Waals surface area contributed by atoms with Crippen molar-refractivity contribution >= 4 is 43.2 Å². The molecular weight excluding hydrogens is 676 g/mol. The number of phenols is 1. The van der Waals surface area contributed by atoms with Gasteiger partial charge in [-0.15, -0.1) is 5.10 Å². The van der Waals surface area contributed by atoms with E-state index in [0.29, 0.717) is 5.56 Å². The summed E-state index contributed by atoms with van der Waals surface area (Å²) in [5.41, 5.74) is 6.50. The number of methoxy groups -OCH3 is 1. The average molecular weight is 716 g/mol. The Morgan fingerprint density at radius 3 is 2.63 bits per heavy atom. The molecule has 0 radical (unpaired) electrons. The van der Waals surface area contributed by atoms with Crippen molar-refractivity contribution in [2.24, 2.45) is 0 Å². The minimum atomic E-state index is -4.22. The molecule has 2 heterocycles. The van der Waals surface area contributed by atoms with Gasteiger partial charge in [0.05, 0.1) is 31.7 Å². The zero-order valence-electron chi connectivity index (χ0n) is 26.6. The normalized spacial score (nSPS) is 15.6. The maximum Gasteiger partial charge on any atom is 0.386 e. The number of ether oxygens (including phenoxy) is 2. The molecule has 0 bridgehead atoms. The number of halogens is 1. The SMILES string of the molecule is CCOC(=O)CC(c1ccc(C)c([C@@H](C)N2Cc3cc(O)cc(OC)c3OS2(=O)=O)c1)c1ccc2c(nnn2CCCCBr)c1C. The van der Waals surface area contributed by atoms with E-state index in [4.69, 9.17) is 13.7 Å². The molecule has 13 heteroatoms. The molecule has 0 saturated carbocycles. The van der Waals surface area contributed by atoms with Gasteiger partial charge < -0.3 is 18.8 Å². The highest BCUT2D eigenvalue weighted by Gasteiger charge is 2.38. The predicted octanol–water partition coefficient (Wildman–Crippen LogP) is 6.22. The number of hydrogen-bond acceptors (Lipinski definition) is 9. The van der Waals surface area contributed by atoms with Crippen LogP contribution in [0.15, 0.2) is 42.5 Å². The van der Waals surface area contributed by atoms with E-state index in [0.717, 1.165) is 63.6 Å². The number of alkyl halides is 1. The Morgan fingerprint density at radius 2 is 1.91 bits per heavy atom. The molecule has 1 aliphatic rings. The first-order valence-corrected chi connectivity index (χ1v) is 17.7. The minimum Gasteiger partial charge on any atom is -0.508 e. The van der Waals surface area contributed by atoms with Gasteiger partial charge in [-0.1, -0.05) is 45.4 Å². The van der Waals surface area contributed by atoms with E-state index >= 15 is 0 Å². The van der Waals surface area contributed by atoms with E-state index in [2.05, 4.69) is 26.2 Å². The number of esters is 1. The van der Waals surface area contributed by atoms with Crippen LogP contribution in [0.25, 0.3) is 11.0 Å². The number of hydrogen-bond donors (Lipinski definition) is 1. The van der Waals surface area contributed by atoms with Gasteiger partial charge in [0.15, 0.2) is 11.5 Å². The molecule has 0 aliphatic carbocycles. The maximum absolute atomic E-state index is 13.4. The fourth-order valence-corrected chi connectivity index (χ4v) is 7.78. The van der Waals surface area contributed by atoms with Crippen LogP contribution in [-0.2, 0) is 32.9 Å². The monoisotopic (exact) mass is 714 g/mol. The lowest BCUT2D eigenvalue weighted by Crippen LogP contribution is -2.39. The molecule has 1 unspecified atom stereocenters.